The van der Waals surface area contributed by atoms with E-state index in [2.05, 4.69) is 46.4 Å². The van der Waals surface area contributed by atoms with Crippen molar-refractivity contribution in [2.24, 2.45) is 0 Å². The Morgan fingerprint density at radius 1 is 1.18 bits per heavy atom. The summed E-state index contributed by atoms with van der Waals surface area (Å²) in [6.07, 6.45) is -0.00580. The number of hydrogen-bond acceptors (Lipinski definition) is 5. The predicted octanol–water partition coefficient (Wildman–Crippen LogP) is 6.11. The summed E-state index contributed by atoms with van der Waals surface area (Å²) < 4.78 is 40.4. The molecule has 0 saturated carbocycles. The molecule has 9 heteroatoms. The summed E-state index contributed by atoms with van der Waals surface area (Å²) in [5, 5.41) is 17.9. The standard InChI is InChI=1S/C24H28F3N5.CH4O/c1-5-7-18(6-2)32-22-12-15(3)8-10-19(22)20(13-28)23(32)21-11-9-17(14-29-21)31-30-16(4)24(25,26)27;1-2/h8-12,14,16,18,30-31H,5-7H2,1-4H3;2H,1H3/t16-,18?;/m1./s1. The number of aromatic nitrogens is 2. The fraction of sp³-hybridized carbons (Fsp3) is 0.440. The van der Waals surface area contributed by atoms with E-state index in [4.69, 9.17) is 5.11 Å². The van der Waals surface area contributed by atoms with E-state index in [0.29, 0.717) is 16.9 Å². The van der Waals surface area contributed by atoms with Crippen LogP contribution in [0.15, 0.2) is 36.5 Å². The molecule has 1 aromatic carbocycles. The van der Waals surface area contributed by atoms with Crippen molar-refractivity contribution >= 4 is 16.6 Å². The molecule has 0 aliphatic heterocycles. The summed E-state index contributed by atoms with van der Waals surface area (Å²) in [4.78, 5) is 4.50. The van der Waals surface area contributed by atoms with E-state index in [0.717, 1.165) is 55.5 Å². The number of pyridine rings is 1. The molecule has 0 amide bonds. The van der Waals surface area contributed by atoms with Gasteiger partial charge in [-0.1, -0.05) is 32.4 Å². The van der Waals surface area contributed by atoms with Gasteiger partial charge in [-0.25, -0.2) is 5.43 Å². The Kier molecular flexibility index (Phi) is 9.47. The highest BCUT2D eigenvalue weighted by Gasteiger charge is 2.35. The largest absolute Gasteiger partial charge is 0.405 e. The van der Waals surface area contributed by atoms with Crippen LogP contribution < -0.4 is 10.9 Å². The average Bonchev–Trinajstić information content (AvgIpc) is 3.15. The average molecular weight is 476 g/mol. The Balaban J connectivity index is 0.00000199. The molecule has 2 atom stereocenters. The van der Waals surface area contributed by atoms with Crippen LogP contribution >= 0.6 is 0 Å². The van der Waals surface area contributed by atoms with Gasteiger partial charge in [-0.2, -0.15) is 18.4 Å². The molecular weight excluding hydrogens is 443 g/mol. The number of fused-ring (bicyclic) bond motifs is 1. The molecule has 1 unspecified atom stereocenters. The Morgan fingerprint density at radius 2 is 1.88 bits per heavy atom. The van der Waals surface area contributed by atoms with Crippen LogP contribution in [0.25, 0.3) is 22.3 Å². The van der Waals surface area contributed by atoms with E-state index in [1.165, 1.54) is 6.20 Å². The highest BCUT2D eigenvalue weighted by molar-refractivity contribution is 5.94. The Hall–Kier alpha value is -3.09. The van der Waals surface area contributed by atoms with Crippen LogP contribution in [-0.2, 0) is 0 Å². The minimum Gasteiger partial charge on any atom is -0.400 e. The first-order valence-corrected chi connectivity index (χ1v) is 11.2. The van der Waals surface area contributed by atoms with Crippen molar-refractivity contribution in [3.8, 4) is 17.5 Å². The highest BCUT2D eigenvalue weighted by atomic mass is 19.4. The summed E-state index contributed by atoms with van der Waals surface area (Å²) >= 11 is 0. The number of hydrogen-bond donors (Lipinski definition) is 3. The van der Waals surface area contributed by atoms with Gasteiger partial charge >= 0.3 is 6.18 Å². The maximum absolute atomic E-state index is 12.7. The molecule has 3 rings (SSSR count). The zero-order chi connectivity index (χ0) is 25.5. The molecule has 0 bridgehead atoms. The van der Waals surface area contributed by atoms with E-state index >= 15 is 0 Å². The number of aryl methyl sites for hydroxylation is 1. The van der Waals surface area contributed by atoms with E-state index in [9.17, 15) is 18.4 Å². The van der Waals surface area contributed by atoms with E-state index < -0.39 is 12.2 Å². The maximum atomic E-state index is 12.7. The third kappa shape index (κ3) is 5.88. The molecule has 0 aliphatic carbocycles. The normalized spacial score (nSPS) is 13.1. The fourth-order valence-electron chi connectivity index (χ4n) is 3.90. The lowest BCUT2D eigenvalue weighted by Gasteiger charge is -2.21. The molecule has 34 heavy (non-hydrogen) atoms. The second kappa shape index (κ2) is 11.9. The van der Waals surface area contributed by atoms with E-state index in [1.807, 2.05) is 19.1 Å². The van der Waals surface area contributed by atoms with Gasteiger partial charge in [-0.3, -0.25) is 4.98 Å². The van der Waals surface area contributed by atoms with Crippen molar-refractivity contribution in [1.82, 2.24) is 15.0 Å². The number of nitrogens with zero attached hydrogens (tertiary/aromatic N) is 3. The molecule has 3 N–H and O–H groups in total. The van der Waals surface area contributed by atoms with Crippen LogP contribution in [0.1, 0.15) is 57.2 Å². The van der Waals surface area contributed by atoms with Crippen LogP contribution in [0.2, 0.25) is 0 Å². The van der Waals surface area contributed by atoms with Gasteiger partial charge in [0.05, 0.1) is 34.4 Å². The van der Waals surface area contributed by atoms with Crippen LogP contribution in [0.5, 0.6) is 0 Å². The molecule has 0 aliphatic rings. The van der Waals surface area contributed by atoms with Crippen molar-refractivity contribution in [3.63, 3.8) is 0 Å². The number of nitriles is 1. The van der Waals surface area contributed by atoms with Gasteiger partial charge in [0.2, 0.25) is 0 Å². The van der Waals surface area contributed by atoms with Crippen molar-refractivity contribution in [1.29, 1.82) is 5.26 Å². The number of anilines is 1. The second-order valence-electron chi connectivity index (χ2n) is 8.04. The van der Waals surface area contributed by atoms with Crippen LogP contribution in [-0.4, -0.2) is 34.0 Å². The van der Waals surface area contributed by atoms with Gasteiger partial charge < -0.3 is 15.1 Å². The summed E-state index contributed by atoms with van der Waals surface area (Å²) in [5.41, 5.74) is 9.22. The van der Waals surface area contributed by atoms with Crippen LogP contribution in [0.3, 0.4) is 0 Å². The number of alkyl halides is 3. The minimum atomic E-state index is -4.35. The molecule has 184 valence electrons. The summed E-state index contributed by atoms with van der Waals surface area (Å²) in [6, 6.07) is 10.3. The lowest BCUT2D eigenvalue weighted by atomic mass is 10.1. The van der Waals surface area contributed by atoms with Crippen molar-refractivity contribution < 1.29 is 18.3 Å². The smallest absolute Gasteiger partial charge is 0.400 e. The van der Waals surface area contributed by atoms with E-state index in [1.54, 1.807) is 12.1 Å². The van der Waals surface area contributed by atoms with Crippen molar-refractivity contribution in [3.05, 3.63) is 47.7 Å². The number of aliphatic hydroxyl groups is 1. The summed E-state index contributed by atoms with van der Waals surface area (Å²) in [5.74, 6) is 0. The lowest BCUT2D eigenvalue weighted by Crippen LogP contribution is -2.42. The number of aliphatic hydroxyl groups excluding tert-OH is 1. The molecule has 0 radical (unpaired) electrons. The monoisotopic (exact) mass is 475 g/mol. The maximum Gasteiger partial charge on any atom is 0.405 e. The molecule has 3 aromatic rings. The number of nitrogens with one attached hydrogen (secondary N) is 2. The first-order valence-electron chi connectivity index (χ1n) is 11.2. The molecular formula is C25H32F3N5O. The zero-order valence-corrected chi connectivity index (χ0v) is 20.2. The van der Waals surface area contributed by atoms with Crippen molar-refractivity contribution in [2.45, 2.75) is 65.2 Å². The number of rotatable bonds is 8. The molecule has 2 heterocycles. The summed E-state index contributed by atoms with van der Waals surface area (Å²) in [7, 11) is 1.00. The second-order valence-corrected chi connectivity index (χ2v) is 8.04. The lowest BCUT2D eigenvalue weighted by molar-refractivity contribution is -0.150. The SMILES string of the molecule is CCCC(CC)n1c(-c2ccc(NN[C@H](C)C(F)(F)F)cn2)c(C#N)c2ccc(C)cc21.CO. The fourth-order valence-corrected chi connectivity index (χ4v) is 3.90. The van der Waals surface area contributed by atoms with Gasteiger partial charge in [-0.15, -0.1) is 0 Å². The molecule has 2 aromatic heterocycles. The summed E-state index contributed by atoms with van der Waals surface area (Å²) in [6.45, 7) is 7.33. The molecule has 0 fully saturated rings. The van der Waals surface area contributed by atoms with Gasteiger partial charge in [0.25, 0.3) is 0 Å². The Morgan fingerprint density at radius 3 is 2.41 bits per heavy atom. The third-order valence-electron chi connectivity index (χ3n) is 5.66. The quantitative estimate of drug-likeness (QED) is 0.342. The zero-order valence-electron chi connectivity index (χ0n) is 20.2. The highest BCUT2D eigenvalue weighted by Crippen LogP contribution is 2.38. The first-order chi connectivity index (χ1) is 16.2. The first kappa shape index (κ1) is 27.2. The van der Waals surface area contributed by atoms with E-state index in [-0.39, 0.29) is 6.04 Å². The minimum absolute atomic E-state index is 0.204. The third-order valence-corrected chi connectivity index (χ3v) is 5.66. The number of benzene rings is 1. The molecule has 0 spiro atoms. The molecule has 6 nitrogen and oxygen atoms in total. The van der Waals surface area contributed by atoms with Gasteiger partial charge in [0.1, 0.15) is 12.1 Å². The van der Waals surface area contributed by atoms with Gasteiger partial charge in [0.15, 0.2) is 0 Å². The Labute approximate surface area is 198 Å². The van der Waals surface area contributed by atoms with Crippen molar-refractivity contribution in [2.75, 3.05) is 12.5 Å². The van der Waals surface area contributed by atoms with Crippen LogP contribution in [0, 0.1) is 18.3 Å². The molecule has 0 saturated heterocycles. The predicted molar refractivity (Wildman–Crippen MR) is 129 cm³/mol. The van der Waals surface area contributed by atoms with Crippen LogP contribution in [0.4, 0.5) is 18.9 Å². The Bertz CT molecular complexity index is 1120. The topological polar surface area (TPSA) is 85.9 Å². The number of halogens is 3. The van der Waals surface area contributed by atoms with Gasteiger partial charge in [-0.05, 0) is 50.5 Å². The van der Waals surface area contributed by atoms with Gasteiger partial charge in [0, 0.05) is 18.5 Å². The number of hydrazine groups is 1.